The number of carbonyl (C=O) groups excluding carboxylic acids is 1. The number of carbonyl (C=O) groups is 1. The SMILES string of the molecule is CC(C)CC(CNC(=O)c1cnc(C(C)(C)C)s1)N1CCOCC1. The second-order valence-corrected chi connectivity index (χ2v) is 8.95. The molecule has 0 bridgehead atoms. The van der Waals surface area contributed by atoms with Gasteiger partial charge in [0, 0.05) is 31.1 Å². The summed E-state index contributed by atoms with van der Waals surface area (Å²) in [6.07, 6.45) is 2.78. The van der Waals surface area contributed by atoms with Crippen LogP contribution in [0.1, 0.15) is 55.7 Å². The average molecular weight is 354 g/mol. The van der Waals surface area contributed by atoms with Crippen LogP contribution in [0, 0.1) is 5.92 Å². The molecule has 1 aliphatic heterocycles. The first-order valence-electron chi connectivity index (χ1n) is 8.83. The van der Waals surface area contributed by atoms with Crippen LogP contribution in [0.25, 0.3) is 0 Å². The first-order chi connectivity index (χ1) is 11.3. The number of nitrogens with zero attached hydrogens (tertiary/aromatic N) is 2. The largest absolute Gasteiger partial charge is 0.379 e. The third-order valence-electron chi connectivity index (χ3n) is 4.17. The summed E-state index contributed by atoms with van der Waals surface area (Å²) in [5.41, 5.74) is -0.0167. The van der Waals surface area contributed by atoms with Crippen LogP contribution in [0.3, 0.4) is 0 Å². The van der Waals surface area contributed by atoms with Crippen LogP contribution in [-0.4, -0.2) is 54.7 Å². The molecule has 5 nitrogen and oxygen atoms in total. The van der Waals surface area contributed by atoms with E-state index >= 15 is 0 Å². The highest BCUT2D eigenvalue weighted by Crippen LogP contribution is 2.26. The molecule has 1 saturated heterocycles. The molecule has 1 aromatic rings. The minimum absolute atomic E-state index is 0.00924. The van der Waals surface area contributed by atoms with Gasteiger partial charge in [-0.1, -0.05) is 34.6 Å². The smallest absolute Gasteiger partial charge is 0.263 e. The molecule has 6 heteroatoms. The van der Waals surface area contributed by atoms with Crippen LogP contribution in [0.2, 0.25) is 0 Å². The van der Waals surface area contributed by atoms with E-state index in [1.165, 1.54) is 11.3 Å². The van der Waals surface area contributed by atoms with Gasteiger partial charge in [-0.05, 0) is 12.3 Å². The van der Waals surface area contributed by atoms with Gasteiger partial charge in [0.05, 0.1) is 24.4 Å². The molecule has 1 fully saturated rings. The molecule has 0 aromatic carbocycles. The van der Waals surface area contributed by atoms with Crippen molar-refractivity contribution in [3.63, 3.8) is 0 Å². The molecular weight excluding hydrogens is 322 g/mol. The van der Waals surface area contributed by atoms with E-state index in [2.05, 4.69) is 49.8 Å². The number of aromatic nitrogens is 1. The predicted octanol–water partition coefficient (Wildman–Crippen LogP) is 2.92. The molecule has 0 saturated carbocycles. The van der Waals surface area contributed by atoms with Crippen LogP contribution >= 0.6 is 11.3 Å². The maximum atomic E-state index is 12.5. The Morgan fingerprint density at radius 1 is 1.38 bits per heavy atom. The molecule has 1 aliphatic rings. The summed E-state index contributed by atoms with van der Waals surface area (Å²) in [7, 11) is 0. The molecule has 1 N–H and O–H groups in total. The first kappa shape index (κ1) is 19.3. The van der Waals surface area contributed by atoms with Gasteiger partial charge in [-0.25, -0.2) is 4.98 Å². The summed E-state index contributed by atoms with van der Waals surface area (Å²) in [5.74, 6) is 0.593. The van der Waals surface area contributed by atoms with E-state index in [1.54, 1.807) is 6.20 Å². The van der Waals surface area contributed by atoms with Gasteiger partial charge in [-0.3, -0.25) is 9.69 Å². The molecular formula is C18H31N3O2S. The van der Waals surface area contributed by atoms with Crippen LogP contribution < -0.4 is 5.32 Å². The molecule has 2 rings (SSSR count). The van der Waals surface area contributed by atoms with Gasteiger partial charge in [-0.2, -0.15) is 0 Å². The van der Waals surface area contributed by atoms with E-state index in [0.29, 0.717) is 23.4 Å². The van der Waals surface area contributed by atoms with Crippen molar-refractivity contribution in [2.24, 2.45) is 5.92 Å². The lowest BCUT2D eigenvalue weighted by molar-refractivity contribution is 0.0125. The van der Waals surface area contributed by atoms with Gasteiger partial charge in [0.15, 0.2) is 0 Å². The Balaban J connectivity index is 1.94. The Bertz CT molecular complexity index is 531. The van der Waals surface area contributed by atoms with Gasteiger partial charge in [0.1, 0.15) is 4.88 Å². The van der Waals surface area contributed by atoms with Crippen LogP contribution in [-0.2, 0) is 10.2 Å². The summed E-state index contributed by atoms with van der Waals surface area (Å²) in [6.45, 7) is 14.9. The van der Waals surface area contributed by atoms with Gasteiger partial charge in [-0.15, -0.1) is 11.3 Å². The topological polar surface area (TPSA) is 54.5 Å². The Hall–Kier alpha value is -0.980. The number of hydrogen-bond donors (Lipinski definition) is 1. The lowest BCUT2D eigenvalue weighted by Gasteiger charge is -2.35. The maximum Gasteiger partial charge on any atom is 0.263 e. The normalized spacial score (nSPS) is 17.9. The molecule has 0 aliphatic carbocycles. The average Bonchev–Trinajstić information content (AvgIpc) is 3.02. The van der Waals surface area contributed by atoms with Gasteiger partial charge in [0.25, 0.3) is 5.91 Å². The van der Waals surface area contributed by atoms with Crippen molar-refractivity contribution >= 4 is 17.2 Å². The highest BCUT2D eigenvalue weighted by Gasteiger charge is 2.24. The second-order valence-electron chi connectivity index (χ2n) is 7.92. The zero-order chi connectivity index (χ0) is 17.7. The third kappa shape index (κ3) is 5.53. The summed E-state index contributed by atoms with van der Waals surface area (Å²) >= 11 is 1.49. The van der Waals surface area contributed by atoms with Gasteiger partial charge >= 0.3 is 0 Å². The van der Waals surface area contributed by atoms with Crippen LogP contribution in [0.4, 0.5) is 0 Å². The summed E-state index contributed by atoms with van der Waals surface area (Å²) in [5, 5.41) is 4.12. The zero-order valence-corrected chi connectivity index (χ0v) is 16.4. The summed E-state index contributed by atoms with van der Waals surface area (Å²) in [6, 6.07) is 0.368. The lowest BCUT2D eigenvalue weighted by atomic mass is 9.98. The molecule has 1 atom stereocenters. The maximum absolute atomic E-state index is 12.5. The number of ether oxygens (including phenoxy) is 1. The van der Waals surface area contributed by atoms with Gasteiger partial charge in [0.2, 0.25) is 0 Å². The van der Waals surface area contributed by atoms with Crippen LogP contribution in [0.5, 0.6) is 0 Å². The van der Waals surface area contributed by atoms with Crippen molar-refractivity contribution in [3.05, 3.63) is 16.1 Å². The van der Waals surface area contributed by atoms with Crippen molar-refractivity contribution < 1.29 is 9.53 Å². The minimum atomic E-state index is -0.0167. The summed E-state index contributed by atoms with van der Waals surface area (Å²) < 4.78 is 5.45. The monoisotopic (exact) mass is 353 g/mol. The number of thiazole rings is 1. The van der Waals surface area contributed by atoms with Gasteiger partial charge < -0.3 is 10.1 Å². The Labute approximate surface area is 149 Å². The molecule has 24 heavy (non-hydrogen) atoms. The van der Waals surface area contributed by atoms with Crippen molar-refractivity contribution in [1.29, 1.82) is 0 Å². The Morgan fingerprint density at radius 3 is 2.58 bits per heavy atom. The fourth-order valence-electron chi connectivity index (χ4n) is 2.87. The summed E-state index contributed by atoms with van der Waals surface area (Å²) in [4.78, 5) is 20.0. The number of morpholine rings is 1. The molecule has 0 radical (unpaired) electrons. The molecule has 0 spiro atoms. The van der Waals surface area contributed by atoms with Crippen molar-refractivity contribution in [2.45, 2.75) is 52.5 Å². The number of nitrogens with one attached hydrogen (secondary N) is 1. The zero-order valence-electron chi connectivity index (χ0n) is 15.6. The number of rotatable bonds is 6. The predicted molar refractivity (Wildman–Crippen MR) is 98.8 cm³/mol. The molecule has 2 heterocycles. The highest BCUT2D eigenvalue weighted by molar-refractivity contribution is 7.13. The van der Waals surface area contributed by atoms with E-state index in [9.17, 15) is 4.79 Å². The third-order valence-corrected chi connectivity index (χ3v) is 5.60. The Morgan fingerprint density at radius 2 is 2.04 bits per heavy atom. The van der Waals surface area contributed by atoms with E-state index in [4.69, 9.17) is 4.74 Å². The fourth-order valence-corrected chi connectivity index (χ4v) is 3.76. The second kappa shape index (κ2) is 8.41. The molecule has 1 amide bonds. The highest BCUT2D eigenvalue weighted by atomic mass is 32.1. The van der Waals surface area contributed by atoms with E-state index in [-0.39, 0.29) is 11.3 Å². The minimum Gasteiger partial charge on any atom is -0.379 e. The van der Waals surface area contributed by atoms with E-state index < -0.39 is 0 Å². The Kier molecular flexibility index (Phi) is 6.78. The van der Waals surface area contributed by atoms with Crippen LogP contribution in [0.15, 0.2) is 6.20 Å². The number of hydrogen-bond acceptors (Lipinski definition) is 5. The molecule has 1 unspecified atom stereocenters. The van der Waals surface area contributed by atoms with Crippen molar-refractivity contribution in [3.8, 4) is 0 Å². The van der Waals surface area contributed by atoms with Crippen molar-refractivity contribution in [2.75, 3.05) is 32.8 Å². The fraction of sp³-hybridized carbons (Fsp3) is 0.778. The van der Waals surface area contributed by atoms with E-state index in [1.807, 2.05) is 0 Å². The molecule has 1 aromatic heterocycles. The van der Waals surface area contributed by atoms with E-state index in [0.717, 1.165) is 37.7 Å². The first-order valence-corrected chi connectivity index (χ1v) is 9.65. The standard InChI is InChI=1S/C18H31N3O2S/c1-13(2)10-14(21-6-8-23-9-7-21)11-19-16(22)15-12-20-17(24-15)18(3,4)5/h12-14H,6-11H2,1-5H3,(H,19,22). The number of amides is 1. The lowest BCUT2D eigenvalue weighted by Crippen LogP contribution is -2.49. The molecule has 136 valence electrons. The quantitative estimate of drug-likeness (QED) is 0.854. The van der Waals surface area contributed by atoms with Crippen molar-refractivity contribution in [1.82, 2.24) is 15.2 Å².